The highest BCUT2D eigenvalue weighted by Gasteiger charge is 2.33. The Hall–Kier alpha value is -1.96. The van der Waals surface area contributed by atoms with Gasteiger partial charge in [-0.3, -0.25) is 9.98 Å². The third-order valence-electron chi connectivity index (χ3n) is 4.96. The SMILES string of the molecule is CCc1cccc(CC)c1N=C1c2ncccc2CCC1(C)C. The molecule has 1 aromatic carbocycles. The van der Waals surface area contributed by atoms with Crippen molar-refractivity contribution in [2.45, 2.75) is 53.4 Å². The molecule has 120 valence electrons. The Morgan fingerprint density at radius 3 is 2.39 bits per heavy atom. The van der Waals surface area contributed by atoms with Gasteiger partial charge >= 0.3 is 0 Å². The maximum Gasteiger partial charge on any atom is 0.0882 e. The Balaban J connectivity index is 2.22. The van der Waals surface area contributed by atoms with Crippen molar-refractivity contribution in [1.82, 2.24) is 4.98 Å². The molecule has 0 atom stereocenters. The number of aromatic nitrogens is 1. The Bertz CT molecular complexity index is 719. The molecular weight excluding hydrogens is 280 g/mol. The van der Waals surface area contributed by atoms with E-state index in [0.717, 1.165) is 37.1 Å². The topological polar surface area (TPSA) is 25.2 Å². The summed E-state index contributed by atoms with van der Waals surface area (Å²) in [6, 6.07) is 10.8. The van der Waals surface area contributed by atoms with Crippen LogP contribution in [0.3, 0.4) is 0 Å². The highest BCUT2D eigenvalue weighted by Crippen LogP contribution is 2.37. The minimum Gasteiger partial charge on any atom is -0.255 e. The normalized spacial score (nSPS) is 18.0. The quantitative estimate of drug-likeness (QED) is 0.755. The number of pyridine rings is 1. The minimum absolute atomic E-state index is 0.0627. The van der Waals surface area contributed by atoms with Gasteiger partial charge in [0.25, 0.3) is 0 Å². The second-order valence-electron chi connectivity index (χ2n) is 6.99. The van der Waals surface area contributed by atoms with Crippen molar-refractivity contribution in [1.29, 1.82) is 0 Å². The van der Waals surface area contributed by atoms with Crippen LogP contribution in [0.1, 0.15) is 56.5 Å². The summed E-state index contributed by atoms with van der Waals surface area (Å²) in [7, 11) is 0. The number of para-hydroxylation sites is 1. The molecule has 0 saturated heterocycles. The third-order valence-corrected chi connectivity index (χ3v) is 4.96. The van der Waals surface area contributed by atoms with Gasteiger partial charge < -0.3 is 0 Å². The Kier molecular flexibility index (Phi) is 4.34. The third kappa shape index (κ3) is 2.95. The van der Waals surface area contributed by atoms with Crippen LogP contribution < -0.4 is 0 Å². The van der Waals surface area contributed by atoms with Crippen molar-refractivity contribution in [2.75, 3.05) is 0 Å². The molecule has 0 N–H and O–H groups in total. The van der Waals surface area contributed by atoms with Crippen LogP contribution in [-0.2, 0) is 19.3 Å². The fourth-order valence-electron chi connectivity index (χ4n) is 3.41. The zero-order valence-corrected chi connectivity index (χ0v) is 14.7. The molecule has 0 unspecified atom stereocenters. The number of aryl methyl sites for hydroxylation is 3. The molecule has 0 saturated carbocycles. The molecule has 2 aromatic rings. The second kappa shape index (κ2) is 6.27. The smallest absolute Gasteiger partial charge is 0.0882 e. The largest absolute Gasteiger partial charge is 0.255 e. The monoisotopic (exact) mass is 306 g/mol. The Morgan fingerprint density at radius 2 is 1.74 bits per heavy atom. The van der Waals surface area contributed by atoms with Crippen LogP contribution in [0.15, 0.2) is 41.5 Å². The molecule has 23 heavy (non-hydrogen) atoms. The number of benzene rings is 1. The molecule has 2 heteroatoms. The van der Waals surface area contributed by atoms with Crippen LogP contribution in [-0.4, -0.2) is 10.7 Å². The summed E-state index contributed by atoms with van der Waals surface area (Å²) in [5.74, 6) is 0. The summed E-state index contributed by atoms with van der Waals surface area (Å²) in [5, 5.41) is 0. The van der Waals surface area contributed by atoms with Gasteiger partial charge in [-0.15, -0.1) is 0 Å². The van der Waals surface area contributed by atoms with Crippen molar-refractivity contribution in [3.63, 3.8) is 0 Å². The fraction of sp³-hybridized carbons (Fsp3) is 0.429. The van der Waals surface area contributed by atoms with Gasteiger partial charge in [0.15, 0.2) is 0 Å². The second-order valence-corrected chi connectivity index (χ2v) is 6.99. The standard InChI is InChI=1S/C21H26N2/c1-5-15-9-7-10-16(6-2)18(15)23-20-19-17(11-8-14-22-19)12-13-21(20,3)4/h7-11,14H,5-6,12-13H2,1-4H3. The molecule has 0 aliphatic heterocycles. The predicted molar refractivity (Wildman–Crippen MR) is 97.7 cm³/mol. The van der Waals surface area contributed by atoms with Crippen LogP contribution in [0.25, 0.3) is 0 Å². The van der Waals surface area contributed by atoms with Gasteiger partial charge in [-0.1, -0.05) is 52.0 Å². The molecule has 0 amide bonds. The maximum atomic E-state index is 5.21. The number of fused-ring (bicyclic) bond motifs is 1. The lowest BCUT2D eigenvalue weighted by molar-refractivity contribution is 0.463. The van der Waals surface area contributed by atoms with Gasteiger partial charge in [0.05, 0.1) is 17.1 Å². The zero-order chi connectivity index (χ0) is 16.4. The molecule has 3 rings (SSSR count). The first-order valence-corrected chi connectivity index (χ1v) is 8.71. The summed E-state index contributed by atoms with van der Waals surface area (Å²) >= 11 is 0. The Morgan fingerprint density at radius 1 is 1.04 bits per heavy atom. The number of aliphatic imine (C=N–C) groups is 1. The fourth-order valence-corrected chi connectivity index (χ4v) is 3.41. The van der Waals surface area contributed by atoms with Gasteiger partial charge in [-0.2, -0.15) is 0 Å². The number of hydrogen-bond acceptors (Lipinski definition) is 2. The van der Waals surface area contributed by atoms with Crippen molar-refractivity contribution in [3.8, 4) is 0 Å². The van der Waals surface area contributed by atoms with Gasteiger partial charge in [0.1, 0.15) is 0 Å². The predicted octanol–water partition coefficient (Wildman–Crippen LogP) is 5.30. The summed E-state index contributed by atoms with van der Waals surface area (Å²) in [4.78, 5) is 9.88. The van der Waals surface area contributed by atoms with Crippen molar-refractivity contribution in [2.24, 2.45) is 10.4 Å². The molecule has 1 heterocycles. The first-order valence-electron chi connectivity index (χ1n) is 8.71. The molecule has 0 bridgehead atoms. The van der Waals surface area contributed by atoms with Gasteiger partial charge in [-0.05, 0) is 48.4 Å². The van der Waals surface area contributed by atoms with E-state index in [0.29, 0.717) is 0 Å². The average molecular weight is 306 g/mol. The van der Waals surface area contributed by atoms with E-state index in [4.69, 9.17) is 4.99 Å². The molecule has 1 aliphatic rings. The van der Waals surface area contributed by atoms with Crippen LogP contribution in [0.4, 0.5) is 5.69 Å². The lowest BCUT2D eigenvalue weighted by Gasteiger charge is -2.32. The first-order chi connectivity index (χ1) is 11.1. The highest BCUT2D eigenvalue weighted by molar-refractivity contribution is 6.06. The van der Waals surface area contributed by atoms with E-state index in [1.54, 1.807) is 0 Å². The molecule has 2 nitrogen and oxygen atoms in total. The number of hydrogen-bond donors (Lipinski definition) is 0. The molecule has 1 aromatic heterocycles. The van der Waals surface area contributed by atoms with Gasteiger partial charge in [-0.25, -0.2) is 0 Å². The van der Waals surface area contributed by atoms with Crippen LogP contribution in [0, 0.1) is 5.41 Å². The van der Waals surface area contributed by atoms with E-state index in [1.165, 1.54) is 22.4 Å². The lowest BCUT2D eigenvalue weighted by Crippen LogP contribution is -2.32. The van der Waals surface area contributed by atoms with E-state index in [9.17, 15) is 0 Å². The molecule has 0 radical (unpaired) electrons. The Labute approximate surface area is 139 Å². The molecule has 1 aliphatic carbocycles. The highest BCUT2D eigenvalue weighted by atomic mass is 14.8. The maximum absolute atomic E-state index is 5.21. The van der Waals surface area contributed by atoms with Crippen molar-refractivity contribution >= 4 is 11.4 Å². The zero-order valence-electron chi connectivity index (χ0n) is 14.7. The minimum atomic E-state index is 0.0627. The van der Waals surface area contributed by atoms with E-state index < -0.39 is 0 Å². The summed E-state index contributed by atoms with van der Waals surface area (Å²) in [5.41, 5.74) is 7.46. The van der Waals surface area contributed by atoms with E-state index in [2.05, 4.69) is 56.9 Å². The molecule has 0 fully saturated rings. The summed E-state index contributed by atoms with van der Waals surface area (Å²) in [6.07, 6.45) is 6.12. The van der Waals surface area contributed by atoms with E-state index >= 15 is 0 Å². The lowest BCUT2D eigenvalue weighted by atomic mass is 9.74. The van der Waals surface area contributed by atoms with Crippen LogP contribution >= 0.6 is 0 Å². The van der Waals surface area contributed by atoms with Crippen LogP contribution in [0.5, 0.6) is 0 Å². The average Bonchev–Trinajstić information content (AvgIpc) is 2.57. The molecule has 0 spiro atoms. The summed E-state index contributed by atoms with van der Waals surface area (Å²) < 4.78 is 0. The van der Waals surface area contributed by atoms with Gasteiger partial charge in [0, 0.05) is 11.6 Å². The van der Waals surface area contributed by atoms with E-state index in [-0.39, 0.29) is 5.41 Å². The van der Waals surface area contributed by atoms with Gasteiger partial charge in [0.2, 0.25) is 0 Å². The van der Waals surface area contributed by atoms with Crippen molar-refractivity contribution in [3.05, 3.63) is 58.9 Å². The van der Waals surface area contributed by atoms with Crippen LogP contribution in [0.2, 0.25) is 0 Å². The number of nitrogens with zero attached hydrogens (tertiary/aromatic N) is 2. The first kappa shape index (κ1) is 15.9. The van der Waals surface area contributed by atoms with Crippen molar-refractivity contribution < 1.29 is 0 Å². The summed E-state index contributed by atoms with van der Waals surface area (Å²) in [6.45, 7) is 9.00. The molecular formula is C21H26N2. The van der Waals surface area contributed by atoms with E-state index in [1.807, 2.05) is 12.3 Å². The number of rotatable bonds is 3.